The molecule has 2 nitrogen and oxygen atoms in total. The first-order valence-electron chi connectivity index (χ1n) is 4.90. The fourth-order valence-electron chi connectivity index (χ4n) is 1.34. The minimum atomic E-state index is -0.314. The van der Waals surface area contributed by atoms with Crippen LogP contribution in [0.1, 0.15) is 10.4 Å². The van der Waals surface area contributed by atoms with E-state index >= 15 is 0 Å². The molecule has 0 radical (unpaired) electrons. The molecule has 0 saturated heterocycles. The second kappa shape index (κ2) is 5.09. The largest absolute Gasteiger partial charge is 0.399 e. The van der Waals surface area contributed by atoms with Gasteiger partial charge in [-0.15, -0.1) is 11.3 Å². The highest BCUT2D eigenvalue weighted by Crippen LogP contribution is 2.15. The molecule has 0 aliphatic rings. The normalized spacial score (nSPS) is 10.6. The minimum absolute atomic E-state index is 0.268. The molecule has 0 aliphatic carbocycles. The van der Waals surface area contributed by atoms with E-state index in [1.807, 2.05) is 17.5 Å². The molecular formula is C12H12FNOS. The van der Waals surface area contributed by atoms with Crippen molar-refractivity contribution in [3.05, 3.63) is 52.0 Å². The number of nitrogens with two attached hydrogens (primary N) is 1. The molecule has 0 saturated carbocycles. The first kappa shape index (κ1) is 11.1. The Hall–Kier alpha value is -1.39. The van der Waals surface area contributed by atoms with E-state index in [2.05, 4.69) is 0 Å². The van der Waals surface area contributed by atoms with E-state index in [4.69, 9.17) is 10.5 Å². The first-order chi connectivity index (χ1) is 7.75. The summed E-state index contributed by atoms with van der Waals surface area (Å²) in [7, 11) is 0. The van der Waals surface area contributed by atoms with E-state index in [-0.39, 0.29) is 12.4 Å². The van der Waals surface area contributed by atoms with Crippen LogP contribution in [0.15, 0.2) is 35.7 Å². The van der Waals surface area contributed by atoms with Crippen LogP contribution >= 0.6 is 11.3 Å². The molecule has 1 aromatic heterocycles. The second-order valence-electron chi connectivity index (χ2n) is 3.42. The molecule has 4 heteroatoms. The van der Waals surface area contributed by atoms with Gasteiger partial charge in [0.25, 0.3) is 0 Å². The van der Waals surface area contributed by atoms with Crippen LogP contribution in [0, 0.1) is 5.82 Å². The van der Waals surface area contributed by atoms with Crippen molar-refractivity contribution in [2.24, 2.45) is 0 Å². The lowest BCUT2D eigenvalue weighted by Gasteiger charge is -2.05. The van der Waals surface area contributed by atoms with Crippen LogP contribution in [-0.4, -0.2) is 0 Å². The van der Waals surface area contributed by atoms with Gasteiger partial charge in [0.05, 0.1) is 13.2 Å². The Kier molecular flexibility index (Phi) is 3.54. The van der Waals surface area contributed by atoms with Crippen molar-refractivity contribution < 1.29 is 9.13 Å². The zero-order valence-electron chi connectivity index (χ0n) is 8.65. The molecule has 84 valence electrons. The Morgan fingerprint density at radius 3 is 2.81 bits per heavy atom. The van der Waals surface area contributed by atoms with Crippen molar-refractivity contribution >= 4 is 17.0 Å². The van der Waals surface area contributed by atoms with E-state index in [0.29, 0.717) is 17.9 Å². The van der Waals surface area contributed by atoms with Gasteiger partial charge < -0.3 is 10.5 Å². The van der Waals surface area contributed by atoms with Gasteiger partial charge in [-0.1, -0.05) is 12.1 Å². The fourth-order valence-corrected chi connectivity index (χ4v) is 1.98. The summed E-state index contributed by atoms with van der Waals surface area (Å²) in [6.07, 6.45) is 0. The highest BCUT2D eigenvalue weighted by atomic mass is 32.1. The number of hydrogen-bond donors (Lipinski definition) is 1. The number of nitrogen functional groups attached to an aromatic ring is 1. The number of anilines is 1. The van der Waals surface area contributed by atoms with Crippen molar-refractivity contribution in [2.75, 3.05) is 5.73 Å². The second-order valence-corrected chi connectivity index (χ2v) is 4.46. The number of benzene rings is 1. The number of rotatable bonds is 4. The third kappa shape index (κ3) is 2.81. The molecule has 1 heterocycles. The topological polar surface area (TPSA) is 35.2 Å². The van der Waals surface area contributed by atoms with Crippen molar-refractivity contribution in [2.45, 2.75) is 13.2 Å². The van der Waals surface area contributed by atoms with Gasteiger partial charge in [-0.3, -0.25) is 0 Å². The number of halogens is 1. The molecule has 0 amide bonds. The minimum Gasteiger partial charge on any atom is -0.399 e. The molecule has 0 spiro atoms. The zero-order valence-corrected chi connectivity index (χ0v) is 9.47. The van der Waals surface area contributed by atoms with E-state index in [1.165, 1.54) is 6.07 Å². The average molecular weight is 237 g/mol. The third-order valence-electron chi connectivity index (χ3n) is 2.16. The van der Waals surface area contributed by atoms with Crippen LogP contribution in [-0.2, 0) is 18.0 Å². The zero-order chi connectivity index (χ0) is 11.4. The average Bonchev–Trinajstić information content (AvgIpc) is 2.74. The molecule has 2 rings (SSSR count). The highest BCUT2D eigenvalue weighted by molar-refractivity contribution is 7.09. The molecule has 0 bridgehead atoms. The maximum atomic E-state index is 13.4. The molecule has 1 aromatic carbocycles. The summed E-state index contributed by atoms with van der Waals surface area (Å²) >= 11 is 1.63. The van der Waals surface area contributed by atoms with Crippen molar-refractivity contribution in [1.82, 2.24) is 0 Å². The van der Waals surface area contributed by atoms with Gasteiger partial charge in [0.2, 0.25) is 0 Å². The Morgan fingerprint density at radius 1 is 1.25 bits per heavy atom. The Balaban J connectivity index is 1.90. The lowest BCUT2D eigenvalue weighted by Crippen LogP contribution is -1.97. The summed E-state index contributed by atoms with van der Waals surface area (Å²) in [6.45, 7) is 0.783. The quantitative estimate of drug-likeness (QED) is 0.829. The molecule has 2 aromatic rings. The highest BCUT2D eigenvalue weighted by Gasteiger charge is 2.02. The smallest absolute Gasteiger partial charge is 0.130 e. The predicted octanol–water partition coefficient (Wildman–Crippen LogP) is 3.19. The monoisotopic (exact) mass is 237 g/mol. The van der Waals surface area contributed by atoms with Crippen LogP contribution in [0.5, 0.6) is 0 Å². The van der Waals surface area contributed by atoms with Gasteiger partial charge in [0, 0.05) is 16.1 Å². The maximum Gasteiger partial charge on any atom is 0.130 e. The first-order valence-corrected chi connectivity index (χ1v) is 5.77. The summed E-state index contributed by atoms with van der Waals surface area (Å²) in [5.41, 5.74) is 6.42. The number of thiophene rings is 1. The molecule has 16 heavy (non-hydrogen) atoms. The predicted molar refractivity (Wildman–Crippen MR) is 63.6 cm³/mol. The molecular weight excluding hydrogens is 225 g/mol. The van der Waals surface area contributed by atoms with Crippen molar-refractivity contribution in [3.8, 4) is 0 Å². The van der Waals surface area contributed by atoms with Gasteiger partial charge in [-0.25, -0.2) is 4.39 Å². The molecule has 0 atom stereocenters. The Morgan fingerprint density at radius 2 is 2.12 bits per heavy atom. The van der Waals surface area contributed by atoms with Crippen LogP contribution in [0.4, 0.5) is 10.1 Å². The van der Waals surface area contributed by atoms with Gasteiger partial charge in [-0.2, -0.15) is 0 Å². The van der Waals surface area contributed by atoms with E-state index in [9.17, 15) is 4.39 Å². The van der Waals surface area contributed by atoms with Crippen molar-refractivity contribution in [3.63, 3.8) is 0 Å². The summed E-state index contributed by atoms with van der Waals surface area (Å²) in [5, 5.41) is 1.99. The molecule has 0 fully saturated rings. The summed E-state index contributed by atoms with van der Waals surface area (Å²) in [4.78, 5) is 1.14. The standard InChI is InChI=1S/C12H12FNOS/c13-12-6-10(14)4-3-9(12)7-15-8-11-2-1-5-16-11/h1-6H,7-8,14H2. The Labute approximate surface area is 97.5 Å². The summed E-state index contributed by atoms with van der Waals surface area (Å²) in [5.74, 6) is -0.314. The number of ether oxygens (including phenoxy) is 1. The van der Waals surface area contributed by atoms with E-state index in [0.717, 1.165) is 4.88 Å². The van der Waals surface area contributed by atoms with Crippen LogP contribution in [0.25, 0.3) is 0 Å². The summed E-state index contributed by atoms with van der Waals surface area (Å²) in [6, 6.07) is 8.59. The van der Waals surface area contributed by atoms with Crippen LogP contribution in [0.3, 0.4) is 0 Å². The lowest BCUT2D eigenvalue weighted by atomic mass is 10.2. The molecule has 2 N–H and O–H groups in total. The van der Waals surface area contributed by atoms with Gasteiger partial charge in [0.15, 0.2) is 0 Å². The van der Waals surface area contributed by atoms with Gasteiger partial charge >= 0.3 is 0 Å². The van der Waals surface area contributed by atoms with Crippen LogP contribution < -0.4 is 5.73 Å². The number of hydrogen-bond acceptors (Lipinski definition) is 3. The van der Waals surface area contributed by atoms with Crippen molar-refractivity contribution in [1.29, 1.82) is 0 Å². The lowest BCUT2D eigenvalue weighted by molar-refractivity contribution is 0.107. The Bertz CT molecular complexity index is 456. The van der Waals surface area contributed by atoms with E-state index in [1.54, 1.807) is 23.5 Å². The van der Waals surface area contributed by atoms with Gasteiger partial charge in [0.1, 0.15) is 5.82 Å². The van der Waals surface area contributed by atoms with Gasteiger partial charge in [-0.05, 0) is 23.6 Å². The maximum absolute atomic E-state index is 13.4. The van der Waals surface area contributed by atoms with E-state index < -0.39 is 0 Å². The SMILES string of the molecule is Nc1ccc(COCc2cccs2)c(F)c1. The third-order valence-corrected chi connectivity index (χ3v) is 3.01. The summed E-state index contributed by atoms with van der Waals surface area (Å²) < 4.78 is 18.8. The fraction of sp³-hybridized carbons (Fsp3) is 0.167. The molecule has 0 unspecified atom stereocenters. The van der Waals surface area contributed by atoms with Crippen LogP contribution in [0.2, 0.25) is 0 Å². The molecule has 0 aliphatic heterocycles.